The Morgan fingerprint density at radius 3 is 2.24 bits per heavy atom. The second-order valence-electron chi connectivity index (χ2n) is 8.59. The van der Waals surface area contributed by atoms with Gasteiger partial charge in [0.05, 0.1) is 12.6 Å². The van der Waals surface area contributed by atoms with Gasteiger partial charge in [0.25, 0.3) is 0 Å². The predicted molar refractivity (Wildman–Crippen MR) is 109 cm³/mol. The third-order valence-corrected chi connectivity index (χ3v) is 4.18. The Kier molecular flexibility index (Phi) is 12.3. The van der Waals surface area contributed by atoms with Crippen LogP contribution in [0.15, 0.2) is 0 Å². The van der Waals surface area contributed by atoms with Crippen LogP contribution in [0.25, 0.3) is 0 Å². The molecule has 9 heteroatoms. The monoisotopic (exact) mass is 409 g/mol. The van der Waals surface area contributed by atoms with E-state index in [1.54, 1.807) is 0 Å². The molecule has 9 nitrogen and oxygen atoms in total. The zero-order chi connectivity index (χ0) is 22.4. The van der Waals surface area contributed by atoms with Gasteiger partial charge in [-0.1, -0.05) is 40.5 Å². The first-order valence-corrected chi connectivity index (χ1v) is 9.91. The minimum absolute atomic E-state index is 0.0759. The largest absolute Gasteiger partial charge is 0.372 e. The van der Waals surface area contributed by atoms with E-state index in [-0.39, 0.29) is 36.1 Å². The lowest BCUT2D eigenvalue weighted by Crippen LogP contribution is -2.43. The van der Waals surface area contributed by atoms with Crippen LogP contribution < -0.4 is 21.7 Å². The van der Waals surface area contributed by atoms with Gasteiger partial charge in [0.15, 0.2) is 0 Å². The first kappa shape index (κ1) is 26.4. The van der Waals surface area contributed by atoms with E-state index in [0.29, 0.717) is 25.8 Å². The maximum Gasteiger partial charge on any atom is 0.240 e. The minimum Gasteiger partial charge on any atom is -0.372 e. The van der Waals surface area contributed by atoms with Crippen LogP contribution in [0.2, 0.25) is 0 Å². The van der Waals surface area contributed by atoms with Gasteiger partial charge in [-0.15, -0.1) is 0 Å². The number of nitrogens with zero attached hydrogens (tertiary/aromatic N) is 1. The third kappa shape index (κ3) is 15.0. The fraction of sp³-hybridized carbons (Fsp3) is 0.750. The van der Waals surface area contributed by atoms with E-state index in [0.717, 1.165) is 5.92 Å². The quantitative estimate of drug-likeness (QED) is 0.473. The van der Waals surface area contributed by atoms with E-state index < -0.39 is 11.9 Å². The van der Waals surface area contributed by atoms with Crippen LogP contribution in [-0.4, -0.2) is 43.3 Å². The Bertz CT molecular complexity index is 591. The van der Waals surface area contributed by atoms with Crippen LogP contribution in [0.4, 0.5) is 0 Å². The van der Waals surface area contributed by atoms with Gasteiger partial charge in [0, 0.05) is 18.9 Å². The average molecular weight is 410 g/mol. The molecule has 2 aliphatic rings. The van der Waals surface area contributed by atoms with Crippen LogP contribution in [0.1, 0.15) is 59.8 Å². The summed E-state index contributed by atoms with van der Waals surface area (Å²) in [5.41, 5.74) is 4.02. The standard InChI is InChI=1S/C15H24N4O3.C4H8.CH3NO/c1-15(2,3)7-12(20)18-9-13(21)19-11(8-16)6-10-4-5-17-14(10)22;1-4-2-3-4;2-1-3/h10-11H,4-7,9H2,1-3H3,(H,17,22)(H,18,20)(H,19,21);4H,2-3H2,1H3;1H,(H2,2,3). The number of primary amides is 1. The SMILES string of the molecule is CC(C)(C)CC(=O)NCC(=O)NC(C#N)CC1CCNC1=O.CC1CC1.NC=O. The van der Waals surface area contributed by atoms with Crippen LogP contribution in [-0.2, 0) is 19.2 Å². The van der Waals surface area contributed by atoms with Crippen molar-refractivity contribution in [2.24, 2.45) is 23.0 Å². The van der Waals surface area contributed by atoms with Crippen molar-refractivity contribution in [3.63, 3.8) is 0 Å². The molecule has 0 aromatic rings. The number of hydrogen-bond donors (Lipinski definition) is 4. The van der Waals surface area contributed by atoms with Gasteiger partial charge in [-0.3, -0.25) is 19.2 Å². The van der Waals surface area contributed by atoms with Crippen molar-refractivity contribution in [1.29, 1.82) is 5.26 Å². The molecule has 29 heavy (non-hydrogen) atoms. The highest BCUT2D eigenvalue weighted by Crippen LogP contribution is 2.26. The summed E-state index contributed by atoms with van der Waals surface area (Å²) in [6.45, 7) is 8.53. The van der Waals surface area contributed by atoms with Crippen molar-refractivity contribution in [1.82, 2.24) is 16.0 Å². The van der Waals surface area contributed by atoms with Gasteiger partial charge >= 0.3 is 0 Å². The van der Waals surface area contributed by atoms with Gasteiger partial charge in [0.1, 0.15) is 6.04 Å². The molecule has 2 rings (SSSR count). The second kappa shape index (κ2) is 13.5. The van der Waals surface area contributed by atoms with Crippen molar-refractivity contribution in [3.8, 4) is 6.07 Å². The molecule has 1 heterocycles. The smallest absolute Gasteiger partial charge is 0.240 e. The molecule has 0 aromatic carbocycles. The third-order valence-electron chi connectivity index (χ3n) is 4.18. The highest BCUT2D eigenvalue weighted by Gasteiger charge is 2.28. The highest BCUT2D eigenvalue weighted by atomic mass is 16.2. The number of amides is 4. The molecule has 1 saturated carbocycles. The van der Waals surface area contributed by atoms with Crippen molar-refractivity contribution in [2.75, 3.05) is 13.1 Å². The maximum atomic E-state index is 11.8. The summed E-state index contributed by atoms with van der Waals surface area (Å²) >= 11 is 0. The zero-order valence-electron chi connectivity index (χ0n) is 17.9. The van der Waals surface area contributed by atoms with Crippen LogP contribution in [0.5, 0.6) is 0 Å². The summed E-state index contributed by atoms with van der Waals surface area (Å²) in [6, 6.07) is 1.26. The van der Waals surface area contributed by atoms with Crippen molar-refractivity contribution >= 4 is 24.1 Å². The first-order chi connectivity index (χ1) is 13.5. The maximum absolute atomic E-state index is 11.8. The van der Waals surface area contributed by atoms with E-state index in [2.05, 4.69) is 28.6 Å². The van der Waals surface area contributed by atoms with Gasteiger partial charge in [-0.25, -0.2) is 0 Å². The van der Waals surface area contributed by atoms with E-state index in [1.807, 2.05) is 26.8 Å². The summed E-state index contributed by atoms with van der Waals surface area (Å²) in [4.78, 5) is 43.4. The molecule has 0 bridgehead atoms. The molecule has 1 aliphatic carbocycles. The molecular formula is C20H35N5O4. The van der Waals surface area contributed by atoms with Gasteiger partial charge < -0.3 is 21.7 Å². The zero-order valence-corrected chi connectivity index (χ0v) is 17.9. The van der Waals surface area contributed by atoms with Gasteiger partial charge in [0.2, 0.25) is 24.1 Å². The molecule has 0 radical (unpaired) electrons. The Morgan fingerprint density at radius 1 is 1.31 bits per heavy atom. The molecule has 4 amide bonds. The number of nitrogens with two attached hydrogens (primary N) is 1. The van der Waals surface area contributed by atoms with E-state index in [4.69, 9.17) is 10.1 Å². The normalized spacial score (nSPS) is 18.4. The molecule has 2 unspecified atom stereocenters. The fourth-order valence-corrected chi connectivity index (χ4v) is 2.43. The molecular weight excluding hydrogens is 374 g/mol. The Balaban J connectivity index is 0.000000946. The summed E-state index contributed by atoms with van der Waals surface area (Å²) in [5.74, 6) is 0.145. The number of carbonyl (C=O) groups excluding carboxylic acids is 4. The number of nitriles is 1. The lowest BCUT2D eigenvalue weighted by atomic mass is 9.92. The lowest BCUT2D eigenvalue weighted by molar-refractivity contribution is -0.127. The molecule has 2 fully saturated rings. The number of rotatable bonds is 6. The number of hydrogen-bond acceptors (Lipinski definition) is 5. The topological polar surface area (TPSA) is 154 Å². The molecule has 1 aliphatic heterocycles. The Hall–Kier alpha value is -2.63. The first-order valence-electron chi connectivity index (χ1n) is 9.91. The lowest BCUT2D eigenvalue weighted by Gasteiger charge is -2.18. The van der Waals surface area contributed by atoms with Gasteiger partial charge in [-0.05, 0) is 24.2 Å². The highest BCUT2D eigenvalue weighted by molar-refractivity contribution is 5.85. The molecule has 2 atom stereocenters. The van der Waals surface area contributed by atoms with E-state index in [9.17, 15) is 14.4 Å². The fourth-order valence-electron chi connectivity index (χ4n) is 2.43. The molecule has 0 aromatic heterocycles. The van der Waals surface area contributed by atoms with Crippen molar-refractivity contribution < 1.29 is 19.2 Å². The Labute approximate surface area is 173 Å². The number of carbonyl (C=O) groups is 4. The van der Waals surface area contributed by atoms with E-state index >= 15 is 0 Å². The van der Waals surface area contributed by atoms with Crippen LogP contribution in [0, 0.1) is 28.6 Å². The average Bonchev–Trinajstić information content (AvgIpc) is 3.29. The predicted octanol–water partition coefficient (Wildman–Crippen LogP) is 0.591. The minimum atomic E-state index is -0.721. The molecule has 164 valence electrons. The number of nitrogens with one attached hydrogen (secondary N) is 3. The van der Waals surface area contributed by atoms with Crippen LogP contribution in [0.3, 0.4) is 0 Å². The summed E-state index contributed by atoms with van der Waals surface area (Å²) < 4.78 is 0. The summed E-state index contributed by atoms with van der Waals surface area (Å²) in [6.07, 6.45) is 4.52. The molecule has 5 N–H and O–H groups in total. The second-order valence-corrected chi connectivity index (χ2v) is 8.59. The van der Waals surface area contributed by atoms with Crippen molar-refractivity contribution in [3.05, 3.63) is 0 Å². The molecule has 1 saturated heterocycles. The summed E-state index contributed by atoms with van der Waals surface area (Å²) in [5, 5.41) is 16.8. The van der Waals surface area contributed by atoms with Crippen molar-refractivity contribution in [2.45, 2.75) is 65.8 Å². The molecule has 0 spiro atoms. The van der Waals surface area contributed by atoms with Crippen LogP contribution >= 0.6 is 0 Å². The van der Waals surface area contributed by atoms with Gasteiger partial charge in [-0.2, -0.15) is 5.26 Å². The summed E-state index contributed by atoms with van der Waals surface area (Å²) in [7, 11) is 0. The Morgan fingerprint density at radius 2 is 1.86 bits per heavy atom. The van der Waals surface area contributed by atoms with E-state index in [1.165, 1.54) is 12.8 Å².